The molecule has 0 amide bonds. The van der Waals surface area contributed by atoms with Crippen LogP contribution < -0.4 is 5.32 Å². The number of hydrogen-bond donors (Lipinski definition) is 2. The second-order valence-corrected chi connectivity index (χ2v) is 7.03. The molecule has 1 saturated heterocycles. The third-order valence-corrected chi connectivity index (χ3v) is 3.48. The van der Waals surface area contributed by atoms with Crippen LogP contribution in [0.25, 0.3) is 0 Å². The molecule has 0 aromatic heterocycles. The Morgan fingerprint density at radius 3 is 2.29 bits per heavy atom. The van der Waals surface area contributed by atoms with E-state index in [9.17, 15) is 5.11 Å². The molecule has 1 unspecified atom stereocenters. The van der Waals surface area contributed by atoms with Crippen LogP contribution in [0.15, 0.2) is 0 Å². The van der Waals surface area contributed by atoms with Crippen LogP contribution >= 0.6 is 0 Å². The summed E-state index contributed by atoms with van der Waals surface area (Å²) in [7, 11) is 0. The minimum absolute atomic E-state index is 0.208. The highest BCUT2D eigenvalue weighted by molar-refractivity contribution is 4.82. The lowest BCUT2D eigenvalue weighted by Gasteiger charge is -2.37. The molecule has 1 rings (SSSR count). The van der Waals surface area contributed by atoms with E-state index in [1.807, 2.05) is 6.92 Å². The number of aliphatic hydroxyl groups is 1. The Balaban J connectivity index is 2.21. The fraction of sp³-hybridized carbons (Fsp3) is 1.00. The van der Waals surface area contributed by atoms with Crippen LogP contribution in [0.4, 0.5) is 0 Å². The first-order chi connectivity index (χ1) is 7.68. The van der Waals surface area contributed by atoms with Crippen molar-refractivity contribution in [1.29, 1.82) is 0 Å². The smallest absolute Gasteiger partial charge is 0.0644 e. The Labute approximate surface area is 107 Å². The minimum Gasteiger partial charge on any atom is -0.390 e. The molecule has 0 spiro atoms. The number of hydrogen-bond acceptors (Lipinski definition) is 3. The average Bonchev–Trinajstić information content (AvgIpc) is 2.17. The van der Waals surface area contributed by atoms with Gasteiger partial charge in [-0.05, 0) is 53.0 Å². The molecule has 1 aliphatic rings. The third kappa shape index (κ3) is 6.39. The van der Waals surface area contributed by atoms with Crippen LogP contribution in [0, 0.1) is 5.92 Å². The van der Waals surface area contributed by atoms with Crippen LogP contribution in [0.1, 0.15) is 47.5 Å². The molecular weight excluding hydrogens is 212 g/mol. The maximum atomic E-state index is 9.90. The lowest BCUT2D eigenvalue weighted by Crippen LogP contribution is -2.46. The number of piperidine rings is 1. The van der Waals surface area contributed by atoms with E-state index in [-0.39, 0.29) is 5.54 Å². The molecule has 0 aromatic rings. The van der Waals surface area contributed by atoms with Crippen LogP contribution in [-0.4, -0.2) is 47.3 Å². The van der Waals surface area contributed by atoms with Crippen LogP contribution in [0.5, 0.6) is 0 Å². The van der Waals surface area contributed by atoms with Gasteiger partial charge in [0.1, 0.15) is 0 Å². The van der Waals surface area contributed by atoms with Gasteiger partial charge in [0.05, 0.1) is 5.60 Å². The van der Waals surface area contributed by atoms with Crippen molar-refractivity contribution >= 4 is 0 Å². The minimum atomic E-state index is -0.427. The van der Waals surface area contributed by atoms with Crippen molar-refractivity contribution in [2.45, 2.75) is 58.6 Å². The van der Waals surface area contributed by atoms with Gasteiger partial charge in [-0.25, -0.2) is 0 Å². The predicted octanol–water partition coefficient (Wildman–Crippen LogP) is 1.86. The van der Waals surface area contributed by atoms with Crippen LogP contribution in [0.3, 0.4) is 0 Å². The van der Waals surface area contributed by atoms with Gasteiger partial charge in [-0.3, -0.25) is 0 Å². The molecule has 1 atom stereocenters. The van der Waals surface area contributed by atoms with Gasteiger partial charge < -0.3 is 15.3 Å². The average molecular weight is 242 g/mol. The Bertz CT molecular complexity index is 223. The Kier molecular flexibility index (Phi) is 4.99. The van der Waals surface area contributed by atoms with Crippen molar-refractivity contribution in [3.8, 4) is 0 Å². The second-order valence-electron chi connectivity index (χ2n) is 7.03. The molecule has 2 N–H and O–H groups in total. The first kappa shape index (κ1) is 14.9. The SMILES string of the molecule is CC(CNC(C)(C)C)CN1CCC(C)(O)CC1. The summed E-state index contributed by atoms with van der Waals surface area (Å²) in [6.07, 6.45) is 1.82. The number of likely N-dealkylation sites (tertiary alicyclic amines) is 1. The van der Waals surface area contributed by atoms with Crippen molar-refractivity contribution < 1.29 is 5.11 Å². The zero-order chi connectivity index (χ0) is 13.1. The molecule has 0 aliphatic carbocycles. The number of rotatable bonds is 4. The van der Waals surface area contributed by atoms with Gasteiger partial charge in [-0.2, -0.15) is 0 Å². The standard InChI is InChI=1S/C14H30N2O/c1-12(10-15-13(2,3)4)11-16-8-6-14(5,17)7-9-16/h12,15,17H,6-11H2,1-5H3. The first-order valence-corrected chi connectivity index (χ1v) is 6.88. The molecular formula is C14H30N2O. The van der Waals surface area contributed by atoms with E-state index in [1.54, 1.807) is 0 Å². The highest BCUT2D eigenvalue weighted by Crippen LogP contribution is 2.21. The van der Waals surface area contributed by atoms with Gasteiger partial charge in [0.15, 0.2) is 0 Å². The van der Waals surface area contributed by atoms with Gasteiger partial charge in [-0.15, -0.1) is 0 Å². The molecule has 102 valence electrons. The Morgan fingerprint density at radius 2 is 1.82 bits per heavy atom. The van der Waals surface area contributed by atoms with Gasteiger partial charge in [0.2, 0.25) is 0 Å². The largest absolute Gasteiger partial charge is 0.390 e. The number of nitrogens with one attached hydrogen (secondary N) is 1. The quantitative estimate of drug-likeness (QED) is 0.790. The number of nitrogens with zero attached hydrogens (tertiary/aromatic N) is 1. The topological polar surface area (TPSA) is 35.5 Å². The fourth-order valence-electron chi connectivity index (χ4n) is 2.20. The molecule has 3 nitrogen and oxygen atoms in total. The van der Waals surface area contributed by atoms with Crippen molar-refractivity contribution in [2.75, 3.05) is 26.2 Å². The highest BCUT2D eigenvalue weighted by atomic mass is 16.3. The molecule has 17 heavy (non-hydrogen) atoms. The molecule has 1 aliphatic heterocycles. The van der Waals surface area contributed by atoms with Crippen LogP contribution in [-0.2, 0) is 0 Å². The van der Waals surface area contributed by atoms with Gasteiger partial charge in [0, 0.05) is 25.2 Å². The van der Waals surface area contributed by atoms with Crippen molar-refractivity contribution in [3.05, 3.63) is 0 Å². The van der Waals surface area contributed by atoms with Crippen molar-refractivity contribution in [1.82, 2.24) is 10.2 Å². The lowest BCUT2D eigenvalue weighted by molar-refractivity contribution is -0.00827. The van der Waals surface area contributed by atoms with E-state index in [0.29, 0.717) is 5.92 Å². The Morgan fingerprint density at radius 1 is 1.29 bits per heavy atom. The summed E-state index contributed by atoms with van der Waals surface area (Å²) in [5.74, 6) is 0.664. The monoisotopic (exact) mass is 242 g/mol. The van der Waals surface area contributed by atoms with E-state index in [2.05, 4.69) is 37.9 Å². The van der Waals surface area contributed by atoms with E-state index >= 15 is 0 Å². The summed E-state index contributed by atoms with van der Waals surface area (Å²) < 4.78 is 0. The van der Waals surface area contributed by atoms with Crippen molar-refractivity contribution in [2.24, 2.45) is 5.92 Å². The maximum absolute atomic E-state index is 9.90. The molecule has 1 fully saturated rings. The van der Waals surface area contributed by atoms with Gasteiger partial charge in [-0.1, -0.05) is 6.92 Å². The lowest BCUT2D eigenvalue weighted by atomic mass is 9.93. The zero-order valence-electron chi connectivity index (χ0n) is 12.2. The summed E-state index contributed by atoms with van der Waals surface area (Å²) in [5.41, 5.74) is -0.219. The highest BCUT2D eigenvalue weighted by Gasteiger charge is 2.27. The molecule has 0 radical (unpaired) electrons. The third-order valence-electron chi connectivity index (χ3n) is 3.48. The van der Waals surface area contributed by atoms with E-state index in [0.717, 1.165) is 39.0 Å². The van der Waals surface area contributed by atoms with Crippen LogP contribution in [0.2, 0.25) is 0 Å². The first-order valence-electron chi connectivity index (χ1n) is 6.88. The normalized spacial score (nSPS) is 23.6. The maximum Gasteiger partial charge on any atom is 0.0644 e. The van der Waals surface area contributed by atoms with E-state index in [1.165, 1.54) is 0 Å². The second kappa shape index (κ2) is 5.68. The predicted molar refractivity (Wildman–Crippen MR) is 73.2 cm³/mol. The van der Waals surface area contributed by atoms with Crippen molar-refractivity contribution in [3.63, 3.8) is 0 Å². The van der Waals surface area contributed by atoms with Gasteiger partial charge >= 0.3 is 0 Å². The summed E-state index contributed by atoms with van der Waals surface area (Å²) in [6.45, 7) is 15.1. The summed E-state index contributed by atoms with van der Waals surface area (Å²) in [6, 6.07) is 0. The fourth-order valence-corrected chi connectivity index (χ4v) is 2.20. The molecule has 0 bridgehead atoms. The summed E-state index contributed by atoms with van der Waals surface area (Å²) in [4.78, 5) is 2.48. The Hall–Kier alpha value is -0.120. The molecule has 3 heteroatoms. The molecule has 0 aromatic carbocycles. The zero-order valence-corrected chi connectivity index (χ0v) is 12.2. The summed E-state index contributed by atoms with van der Waals surface area (Å²) >= 11 is 0. The molecule has 1 heterocycles. The van der Waals surface area contributed by atoms with E-state index < -0.39 is 5.60 Å². The summed E-state index contributed by atoms with van der Waals surface area (Å²) in [5, 5.41) is 13.4. The van der Waals surface area contributed by atoms with E-state index in [4.69, 9.17) is 0 Å². The van der Waals surface area contributed by atoms with Gasteiger partial charge in [0.25, 0.3) is 0 Å². The molecule has 0 saturated carbocycles.